The molecule has 0 heterocycles. The summed E-state index contributed by atoms with van der Waals surface area (Å²) in [7, 11) is 11.0. The molecular formula is C40H44Cl2SiZr. The van der Waals surface area contributed by atoms with Gasteiger partial charge in [-0.2, -0.15) is 0 Å². The summed E-state index contributed by atoms with van der Waals surface area (Å²) >= 11 is -0.826. The molecular weight excluding hydrogens is 671 g/mol. The summed E-state index contributed by atoms with van der Waals surface area (Å²) < 4.78 is 0. The van der Waals surface area contributed by atoms with E-state index in [1.165, 1.54) is 54.9 Å². The number of benzene rings is 4. The minimum absolute atomic E-state index is 0.157. The number of halogens is 2. The van der Waals surface area contributed by atoms with Crippen molar-refractivity contribution in [1.29, 1.82) is 0 Å². The van der Waals surface area contributed by atoms with Gasteiger partial charge in [0.15, 0.2) is 0 Å². The first-order chi connectivity index (χ1) is 21.0. The van der Waals surface area contributed by atoms with Gasteiger partial charge in [0.05, 0.1) is 0 Å². The zero-order valence-corrected chi connectivity index (χ0v) is 32.3. The molecule has 0 saturated carbocycles. The zero-order chi connectivity index (χ0) is 32.3. The fraction of sp³-hybridized carbons (Fsp3) is 0.250. The molecule has 6 aromatic carbocycles. The first kappa shape index (κ1) is 36.3. The summed E-state index contributed by atoms with van der Waals surface area (Å²) in [6.07, 6.45) is 0. The van der Waals surface area contributed by atoms with E-state index in [0.29, 0.717) is 0 Å². The van der Waals surface area contributed by atoms with E-state index in [2.05, 4.69) is 176 Å². The van der Waals surface area contributed by atoms with E-state index in [4.69, 9.17) is 17.0 Å². The van der Waals surface area contributed by atoms with Gasteiger partial charge in [0.25, 0.3) is 0 Å². The molecule has 0 fully saturated rings. The Bertz CT molecular complexity index is 1570. The van der Waals surface area contributed by atoms with Crippen LogP contribution >= 0.6 is 17.0 Å². The van der Waals surface area contributed by atoms with Crippen molar-refractivity contribution in [2.75, 3.05) is 0 Å². The third-order valence-electron chi connectivity index (χ3n) is 7.34. The third-order valence-corrected chi connectivity index (χ3v) is 7.34. The molecule has 0 aliphatic heterocycles. The molecule has 6 aromatic rings. The van der Waals surface area contributed by atoms with E-state index >= 15 is 0 Å². The second-order valence-corrected chi connectivity index (χ2v) is 17.6. The van der Waals surface area contributed by atoms with E-state index in [1.807, 2.05) is 0 Å². The van der Waals surface area contributed by atoms with Gasteiger partial charge in [-0.05, 0) is 10.8 Å². The van der Waals surface area contributed by atoms with Gasteiger partial charge in [0.1, 0.15) is 0 Å². The fourth-order valence-corrected chi connectivity index (χ4v) is 5.46. The monoisotopic (exact) mass is 712 g/mol. The Labute approximate surface area is 287 Å². The average molecular weight is 715 g/mol. The summed E-state index contributed by atoms with van der Waals surface area (Å²) in [6, 6.07) is 43.5. The van der Waals surface area contributed by atoms with Crippen molar-refractivity contribution in [1.82, 2.24) is 0 Å². The van der Waals surface area contributed by atoms with E-state index in [0.717, 1.165) is 9.52 Å². The van der Waals surface area contributed by atoms with Gasteiger partial charge in [-0.15, -0.1) is 59.7 Å². The zero-order valence-electron chi connectivity index (χ0n) is 27.3. The molecule has 0 bridgehead atoms. The fourth-order valence-electron chi connectivity index (χ4n) is 5.46. The van der Waals surface area contributed by atoms with Crippen molar-refractivity contribution in [2.45, 2.75) is 65.5 Å². The number of rotatable bonds is 2. The van der Waals surface area contributed by atoms with Crippen LogP contribution < -0.4 is 0 Å². The van der Waals surface area contributed by atoms with Crippen molar-refractivity contribution < 1.29 is 20.8 Å². The quantitative estimate of drug-likeness (QED) is 0.124. The normalized spacial score (nSPS) is 11.0. The molecule has 0 saturated heterocycles. The predicted molar refractivity (Wildman–Crippen MR) is 197 cm³/mol. The Kier molecular flexibility index (Phi) is 13.9. The Balaban J connectivity index is 0.000000204. The van der Waals surface area contributed by atoms with Crippen molar-refractivity contribution in [3.8, 4) is 22.3 Å². The van der Waals surface area contributed by atoms with Crippen LogP contribution in [0.1, 0.15) is 52.7 Å². The van der Waals surface area contributed by atoms with Gasteiger partial charge in [0.2, 0.25) is 0 Å². The van der Waals surface area contributed by atoms with E-state index in [-0.39, 0.29) is 10.8 Å². The second-order valence-electron chi connectivity index (χ2n) is 12.8. The molecule has 0 amide bonds. The SMILES string of the molecule is CC(C)(C)c1cc2ccccc2[c-]1-c1ccccc1.CC(C)(C)c1cc2ccccc2[c-]1-c1ccccc1.C[Si]C.[Cl][Zr+2][Cl]. The van der Waals surface area contributed by atoms with Gasteiger partial charge < -0.3 is 0 Å². The minimum atomic E-state index is -0.826. The molecule has 0 aromatic heterocycles. The van der Waals surface area contributed by atoms with Crippen LogP contribution in [0.5, 0.6) is 0 Å². The molecule has 0 spiro atoms. The first-order valence-electron chi connectivity index (χ1n) is 15.0. The molecule has 4 heteroatoms. The summed E-state index contributed by atoms with van der Waals surface area (Å²) in [6.45, 7) is 18.0. The van der Waals surface area contributed by atoms with Crippen molar-refractivity contribution in [3.63, 3.8) is 0 Å². The molecule has 6 rings (SSSR count). The first-order valence-corrected chi connectivity index (χ1v) is 23.3. The van der Waals surface area contributed by atoms with Crippen LogP contribution in [0.2, 0.25) is 13.1 Å². The van der Waals surface area contributed by atoms with E-state index < -0.39 is 20.8 Å². The second kappa shape index (κ2) is 16.9. The summed E-state index contributed by atoms with van der Waals surface area (Å²) in [5.41, 5.74) is 8.59. The predicted octanol–water partition coefficient (Wildman–Crippen LogP) is 13.2. The summed E-state index contributed by atoms with van der Waals surface area (Å²) in [5.74, 6) is 0. The number of hydrogen-bond donors (Lipinski definition) is 0. The topological polar surface area (TPSA) is 0 Å². The van der Waals surface area contributed by atoms with Crippen LogP contribution in [0.15, 0.2) is 121 Å². The molecule has 0 N–H and O–H groups in total. The van der Waals surface area contributed by atoms with Crippen LogP contribution in [0.3, 0.4) is 0 Å². The Morgan fingerprint density at radius 2 is 0.773 bits per heavy atom. The van der Waals surface area contributed by atoms with Crippen LogP contribution in [0.25, 0.3) is 43.8 Å². The van der Waals surface area contributed by atoms with Gasteiger partial charge >= 0.3 is 37.9 Å². The van der Waals surface area contributed by atoms with Gasteiger partial charge in [0, 0.05) is 9.52 Å². The van der Waals surface area contributed by atoms with E-state index in [9.17, 15) is 0 Å². The average Bonchev–Trinajstić information content (AvgIpc) is 3.59. The van der Waals surface area contributed by atoms with Crippen molar-refractivity contribution in [3.05, 3.63) is 132 Å². The van der Waals surface area contributed by atoms with Crippen LogP contribution in [-0.2, 0) is 31.7 Å². The molecule has 0 aliphatic rings. The molecule has 0 aliphatic carbocycles. The molecule has 44 heavy (non-hydrogen) atoms. The maximum atomic E-state index is 4.93. The Hall–Kier alpha value is -2.22. The summed E-state index contributed by atoms with van der Waals surface area (Å²) in [4.78, 5) is 0. The molecule has 0 unspecified atom stereocenters. The summed E-state index contributed by atoms with van der Waals surface area (Å²) in [5, 5.41) is 5.40. The van der Waals surface area contributed by atoms with Crippen LogP contribution in [0, 0.1) is 0 Å². The maximum absolute atomic E-state index is 4.93. The molecule has 0 nitrogen and oxygen atoms in total. The standard InChI is InChI=1S/2C19H19.C2H6Si.2ClH.Zr/c2*1-19(2,3)17-13-15-11-7-8-12-16(15)18(17)14-9-5-4-6-10-14;1-3-2;;;/h2*4-13H,1-3H3;1-2H3;2*1H;/q2*-1;;;;+4/p-2. The Morgan fingerprint density at radius 3 is 1.07 bits per heavy atom. The number of hydrogen-bond acceptors (Lipinski definition) is 0. The number of fused-ring (bicyclic) bond motifs is 2. The Morgan fingerprint density at radius 1 is 0.500 bits per heavy atom. The van der Waals surface area contributed by atoms with Gasteiger partial charge in [-0.1, -0.05) is 171 Å². The van der Waals surface area contributed by atoms with Crippen molar-refractivity contribution in [2.24, 2.45) is 0 Å². The van der Waals surface area contributed by atoms with Crippen LogP contribution in [-0.4, -0.2) is 9.52 Å². The molecule has 0 atom stereocenters. The van der Waals surface area contributed by atoms with E-state index in [1.54, 1.807) is 0 Å². The van der Waals surface area contributed by atoms with Crippen molar-refractivity contribution >= 4 is 48.1 Å². The molecule has 226 valence electrons. The van der Waals surface area contributed by atoms with Gasteiger partial charge in [-0.3, -0.25) is 0 Å². The van der Waals surface area contributed by atoms with Gasteiger partial charge in [-0.25, -0.2) is 0 Å². The third kappa shape index (κ3) is 9.40. The molecule has 2 radical (unpaired) electrons. The van der Waals surface area contributed by atoms with Crippen LogP contribution in [0.4, 0.5) is 0 Å².